The van der Waals surface area contributed by atoms with Gasteiger partial charge in [-0.1, -0.05) is 12.1 Å². The minimum atomic E-state index is -0.459. The third-order valence-corrected chi connectivity index (χ3v) is 6.84. The van der Waals surface area contributed by atoms with Crippen LogP contribution in [-0.4, -0.2) is 86.4 Å². The number of ether oxygens (including phenoxy) is 4. The number of aliphatic imine (C=N–C) groups is 1. The summed E-state index contributed by atoms with van der Waals surface area (Å²) in [6.07, 6.45) is 1.75. The molecule has 0 N–H and O–H groups in total. The van der Waals surface area contributed by atoms with Crippen LogP contribution in [0, 0.1) is 0 Å². The van der Waals surface area contributed by atoms with Gasteiger partial charge in [0.25, 0.3) is 11.8 Å². The van der Waals surface area contributed by atoms with Gasteiger partial charge in [-0.05, 0) is 60.7 Å². The monoisotopic (exact) mass is 539 g/mol. The van der Waals surface area contributed by atoms with Crippen molar-refractivity contribution >= 4 is 46.5 Å². The van der Waals surface area contributed by atoms with Crippen LogP contribution < -0.4 is 9.47 Å². The lowest BCUT2D eigenvalue weighted by atomic mass is 10.2. The Morgan fingerprint density at radius 3 is 2.63 bits per heavy atom. The van der Waals surface area contributed by atoms with Gasteiger partial charge in [0.1, 0.15) is 0 Å². The molecule has 0 radical (unpaired) electrons. The van der Waals surface area contributed by atoms with Gasteiger partial charge in [-0.25, -0.2) is 9.79 Å². The number of morpholine rings is 1. The van der Waals surface area contributed by atoms with Crippen LogP contribution >= 0.6 is 11.8 Å². The summed E-state index contributed by atoms with van der Waals surface area (Å²) in [4.78, 5) is 45.4. The van der Waals surface area contributed by atoms with Gasteiger partial charge < -0.3 is 23.8 Å². The number of carbonyl (C=O) groups excluding carboxylic acids is 3. The summed E-state index contributed by atoms with van der Waals surface area (Å²) in [6.45, 7) is 4.32. The summed E-state index contributed by atoms with van der Waals surface area (Å²) in [7, 11) is 2.96. The highest BCUT2D eigenvalue weighted by Crippen LogP contribution is 2.35. The fourth-order valence-corrected chi connectivity index (χ4v) is 4.77. The average molecular weight is 540 g/mol. The predicted molar refractivity (Wildman–Crippen MR) is 144 cm³/mol. The number of likely N-dealkylation sites (N-methyl/N-ethyl adjacent to an activating group) is 1. The van der Waals surface area contributed by atoms with Gasteiger partial charge in [0.05, 0.1) is 43.1 Å². The molecule has 2 aliphatic rings. The number of amidine groups is 1. The molecule has 11 heteroatoms. The molecule has 0 spiro atoms. The maximum atomic E-state index is 12.9. The van der Waals surface area contributed by atoms with E-state index in [1.165, 1.54) is 23.8 Å². The molecule has 0 atom stereocenters. The molecule has 2 saturated heterocycles. The van der Waals surface area contributed by atoms with Gasteiger partial charge in [0.15, 0.2) is 23.3 Å². The molecule has 0 saturated carbocycles. The van der Waals surface area contributed by atoms with Gasteiger partial charge in [-0.15, -0.1) is 0 Å². The zero-order valence-corrected chi connectivity index (χ0v) is 22.3. The van der Waals surface area contributed by atoms with Crippen LogP contribution in [0.1, 0.15) is 22.8 Å². The second kappa shape index (κ2) is 12.6. The molecule has 2 aromatic rings. The van der Waals surface area contributed by atoms with Gasteiger partial charge >= 0.3 is 5.97 Å². The Hall–Kier alpha value is -3.83. The molecule has 0 unspecified atom stereocenters. The fraction of sp³-hybridized carbons (Fsp3) is 0.333. The van der Waals surface area contributed by atoms with E-state index in [4.69, 9.17) is 18.9 Å². The number of hydrogen-bond donors (Lipinski definition) is 0. The van der Waals surface area contributed by atoms with Crippen LogP contribution in [0.5, 0.6) is 11.5 Å². The molecular weight excluding hydrogens is 510 g/mol. The van der Waals surface area contributed by atoms with Crippen molar-refractivity contribution in [2.75, 3.05) is 53.7 Å². The van der Waals surface area contributed by atoms with Gasteiger partial charge in [0, 0.05) is 20.1 Å². The van der Waals surface area contributed by atoms with Crippen molar-refractivity contribution in [3.05, 3.63) is 58.5 Å². The van der Waals surface area contributed by atoms with E-state index in [1.54, 1.807) is 60.5 Å². The van der Waals surface area contributed by atoms with E-state index in [-0.39, 0.29) is 18.4 Å². The molecule has 2 heterocycles. The SMILES string of the molecule is CCOc1cc(C=C2SC(=Nc3cccc(C(=O)OC)c3)N(C)C2=O)ccc1OCC(=O)N1CCOCC1. The largest absolute Gasteiger partial charge is 0.490 e. The van der Waals surface area contributed by atoms with E-state index < -0.39 is 5.97 Å². The van der Waals surface area contributed by atoms with Crippen LogP contribution in [0.15, 0.2) is 52.4 Å². The quantitative estimate of drug-likeness (QED) is 0.371. The Morgan fingerprint density at radius 2 is 1.89 bits per heavy atom. The van der Waals surface area contributed by atoms with E-state index >= 15 is 0 Å². The highest BCUT2D eigenvalue weighted by atomic mass is 32.2. The van der Waals surface area contributed by atoms with Gasteiger partial charge in [-0.3, -0.25) is 14.5 Å². The third kappa shape index (κ3) is 6.53. The van der Waals surface area contributed by atoms with Gasteiger partial charge in [0.2, 0.25) is 0 Å². The minimum Gasteiger partial charge on any atom is -0.490 e. The summed E-state index contributed by atoms with van der Waals surface area (Å²) >= 11 is 1.23. The Balaban J connectivity index is 1.49. The van der Waals surface area contributed by atoms with Crippen molar-refractivity contribution in [2.45, 2.75) is 6.92 Å². The van der Waals surface area contributed by atoms with Crippen LogP contribution in [0.4, 0.5) is 5.69 Å². The molecule has 2 amide bonds. The maximum absolute atomic E-state index is 12.9. The number of amides is 2. The van der Waals surface area contributed by atoms with Crippen LogP contribution in [-0.2, 0) is 19.1 Å². The van der Waals surface area contributed by atoms with Crippen molar-refractivity contribution < 1.29 is 33.3 Å². The number of esters is 1. The van der Waals surface area contributed by atoms with Crippen molar-refractivity contribution in [1.29, 1.82) is 0 Å². The highest BCUT2D eigenvalue weighted by Gasteiger charge is 2.30. The first-order chi connectivity index (χ1) is 18.4. The summed E-state index contributed by atoms with van der Waals surface area (Å²) < 4.78 is 21.6. The normalized spacial score (nSPS) is 17.7. The lowest BCUT2D eigenvalue weighted by Gasteiger charge is -2.26. The predicted octanol–water partition coefficient (Wildman–Crippen LogP) is 3.34. The number of thioether (sulfide) groups is 1. The highest BCUT2D eigenvalue weighted by molar-refractivity contribution is 8.18. The topological polar surface area (TPSA) is 107 Å². The molecule has 2 fully saturated rings. The third-order valence-electron chi connectivity index (χ3n) is 5.78. The smallest absolute Gasteiger partial charge is 0.337 e. The van der Waals surface area contributed by atoms with Crippen molar-refractivity contribution in [2.24, 2.45) is 4.99 Å². The molecule has 38 heavy (non-hydrogen) atoms. The Kier molecular flexibility index (Phi) is 9.03. The van der Waals surface area contributed by atoms with Crippen molar-refractivity contribution in [3.63, 3.8) is 0 Å². The minimum absolute atomic E-state index is 0.101. The molecule has 0 aliphatic carbocycles. The van der Waals surface area contributed by atoms with Crippen LogP contribution in [0.2, 0.25) is 0 Å². The number of hydrogen-bond acceptors (Lipinski definition) is 9. The number of benzene rings is 2. The summed E-state index contributed by atoms with van der Waals surface area (Å²) in [5.41, 5.74) is 1.64. The second-order valence-electron chi connectivity index (χ2n) is 8.33. The lowest BCUT2D eigenvalue weighted by molar-refractivity contribution is -0.137. The molecule has 0 bridgehead atoms. The van der Waals surface area contributed by atoms with E-state index in [0.29, 0.717) is 65.7 Å². The molecule has 4 rings (SSSR count). The Labute approximate surface area is 225 Å². The van der Waals surface area contributed by atoms with Crippen molar-refractivity contribution in [3.8, 4) is 11.5 Å². The van der Waals surface area contributed by atoms with E-state index in [2.05, 4.69) is 4.99 Å². The molecule has 200 valence electrons. The Bertz CT molecular complexity index is 1270. The average Bonchev–Trinajstić information content (AvgIpc) is 3.20. The zero-order valence-electron chi connectivity index (χ0n) is 21.5. The van der Waals surface area contributed by atoms with E-state index in [0.717, 1.165) is 5.56 Å². The zero-order chi connectivity index (χ0) is 27.1. The first kappa shape index (κ1) is 27.2. The standard InChI is InChI=1S/C27H29N3O7S/c1-4-36-22-14-18(8-9-21(22)37-17-24(31)30-10-12-35-13-11-30)15-23-25(32)29(2)27(38-23)28-20-7-5-6-19(16-20)26(33)34-3/h5-9,14-16H,4,10-13,17H2,1-3H3. The molecule has 0 aromatic heterocycles. The Morgan fingerprint density at radius 1 is 1.11 bits per heavy atom. The number of nitrogens with zero attached hydrogens (tertiary/aromatic N) is 3. The lowest BCUT2D eigenvalue weighted by Crippen LogP contribution is -2.43. The van der Waals surface area contributed by atoms with E-state index in [9.17, 15) is 14.4 Å². The molecule has 10 nitrogen and oxygen atoms in total. The number of carbonyl (C=O) groups is 3. The first-order valence-corrected chi connectivity index (χ1v) is 12.9. The number of rotatable bonds is 8. The number of methoxy groups -OCH3 is 1. The molecule has 2 aliphatic heterocycles. The van der Waals surface area contributed by atoms with E-state index in [1.807, 2.05) is 6.92 Å². The summed E-state index contributed by atoms with van der Waals surface area (Å²) in [6, 6.07) is 12.0. The van der Waals surface area contributed by atoms with Crippen molar-refractivity contribution in [1.82, 2.24) is 9.80 Å². The first-order valence-electron chi connectivity index (χ1n) is 12.1. The van der Waals surface area contributed by atoms with Gasteiger partial charge in [-0.2, -0.15) is 0 Å². The maximum Gasteiger partial charge on any atom is 0.337 e. The second-order valence-corrected chi connectivity index (χ2v) is 9.34. The summed E-state index contributed by atoms with van der Waals surface area (Å²) in [5, 5.41) is 0.481. The van der Waals surface area contributed by atoms with Crippen LogP contribution in [0.3, 0.4) is 0 Å². The molecule has 2 aromatic carbocycles. The molecular formula is C27H29N3O7S. The fourth-order valence-electron chi connectivity index (χ4n) is 3.78. The summed E-state index contributed by atoms with van der Waals surface area (Å²) in [5.74, 6) is 0.160. The van der Waals surface area contributed by atoms with Crippen LogP contribution in [0.25, 0.3) is 6.08 Å².